The molecule has 2 aromatic heterocycles. The Labute approximate surface area is 129 Å². The van der Waals surface area contributed by atoms with E-state index in [1.54, 1.807) is 17.1 Å². The van der Waals surface area contributed by atoms with Crippen LogP contribution in [0.1, 0.15) is 18.2 Å². The Balaban J connectivity index is 1.93. The highest BCUT2D eigenvalue weighted by atomic mass is 15.2. The molecule has 0 radical (unpaired) electrons. The second kappa shape index (κ2) is 5.89. The molecule has 0 atom stereocenters. The first-order chi connectivity index (χ1) is 10.6. The Kier molecular flexibility index (Phi) is 3.78. The van der Waals surface area contributed by atoms with Crippen molar-refractivity contribution in [1.29, 1.82) is 0 Å². The molecule has 1 aromatic carbocycles. The molecule has 5 nitrogen and oxygen atoms in total. The number of rotatable bonds is 3. The molecule has 0 spiro atoms. The van der Waals surface area contributed by atoms with E-state index in [1.165, 1.54) is 0 Å². The minimum absolute atomic E-state index is 0.719. The van der Waals surface area contributed by atoms with Crippen molar-refractivity contribution >= 4 is 11.4 Å². The number of aromatic nitrogens is 4. The van der Waals surface area contributed by atoms with E-state index in [9.17, 15) is 0 Å². The molecular weight excluding hydrogens is 274 g/mol. The van der Waals surface area contributed by atoms with E-state index in [1.807, 2.05) is 57.4 Å². The maximum atomic E-state index is 4.62. The van der Waals surface area contributed by atoms with E-state index in [4.69, 9.17) is 0 Å². The van der Waals surface area contributed by atoms with E-state index in [-0.39, 0.29) is 0 Å². The summed E-state index contributed by atoms with van der Waals surface area (Å²) >= 11 is 0. The molecule has 0 saturated carbocycles. The number of hydrogen-bond acceptors (Lipinski definition) is 4. The number of benzene rings is 1. The van der Waals surface area contributed by atoms with Crippen molar-refractivity contribution in [2.75, 3.05) is 0 Å². The number of nitrogens with zero attached hydrogens (tertiary/aromatic N) is 5. The van der Waals surface area contributed by atoms with Crippen LogP contribution >= 0.6 is 0 Å². The molecule has 3 aromatic rings. The minimum atomic E-state index is 0.719. The summed E-state index contributed by atoms with van der Waals surface area (Å²) in [5, 5.41) is 4.16. The lowest BCUT2D eigenvalue weighted by Crippen LogP contribution is -1.95. The highest BCUT2D eigenvalue weighted by Crippen LogP contribution is 2.21. The van der Waals surface area contributed by atoms with Crippen LogP contribution in [0.3, 0.4) is 0 Å². The molecule has 0 aliphatic heterocycles. The van der Waals surface area contributed by atoms with E-state index >= 15 is 0 Å². The first-order valence-corrected chi connectivity index (χ1v) is 7.07. The molecule has 0 bridgehead atoms. The lowest BCUT2D eigenvalue weighted by molar-refractivity contribution is 0.767. The Bertz CT molecular complexity index is 818. The average Bonchev–Trinajstić information content (AvgIpc) is 2.97. The SMILES string of the molecule is CC(=Nc1cnc(-c2ccccc2)nc1C)c1cnn(C)c1. The maximum Gasteiger partial charge on any atom is 0.159 e. The summed E-state index contributed by atoms with van der Waals surface area (Å²) in [7, 11) is 1.89. The van der Waals surface area contributed by atoms with Crippen molar-refractivity contribution in [2.24, 2.45) is 12.0 Å². The van der Waals surface area contributed by atoms with Crippen LogP contribution in [0.2, 0.25) is 0 Å². The lowest BCUT2D eigenvalue weighted by Gasteiger charge is -2.04. The zero-order chi connectivity index (χ0) is 15.5. The number of hydrogen-bond donors (Lipinski definition) is 0. The van der Waals surface area contributed by atoms with Gasteiger partial charge in [0.05, 0.1) is 18.1 Å². The third kappa shape index (κ3) is 2.93. The number of aliphatic imine (C=N–C) groups is 1. The maximum absolute atomic E-state index is 4.62. The normalized spacial score (nSPS) is 11.7. The van der Waals surface area contributed by atoms with Gasteiger partial charge in [0.15, 0.2) is 5.82 Å². The van der Waals surface area contributed by atoms with Crippen LogP contribution in [0.5, 0.6) is 0 Å². The van der Waals surface area contributed by atoms with Gasteiger partial charge in [-0.1, -0.05) is 30.3 Å². The van der Waals surface area contributed by atoms with Crippen LogP contribution in [0.4, 0.5) is 5.69 Å². The van der Waals surface area contributed by atoms with Crippen LogP contribution < -0.4 is 0 Å². The molecule has 0 aliphatic carbocycles. The first-order valence-electron chi connectivity index (χ1n) is 7.07. The highest BCUT2D eigenvalue weighted by molar-refractivity contribution is 5.99. The Morgan fingerprint density at radius 3 is 2.55 bits per heavy atom. The molecule has 3 rings (SSSR count). The van der Waals surface area contributed by atoms with E-state index in [0.29, 0.717) is 0 Å². The van der Waals surface area contributed by atoms with Crippen molar-refractivity contribution in [3.63, 3.8) is 0 Å². The molecule has 0 unspecified atom stereocenters. The zero-order valence-corrected chi connectivity index (χ0v) is 12.9. The molecule has 0 saturated heterocycles. The van der Waals surface area contributed by atoms with Gasteiger partial charge in [0.1, 0.15) is 5.69 Å². The molecule has 22 heavy (non-hydrogen) atoms. The van der Waals surface area contributed by atoms with Gasteiger partial charge >= 0.3 is 0 Å². The average molecular weight is 291 g/mol. The molecule has 0 fully saturated rings. The fourth-order valence-corrected chi connectivity index (χ4v) is 2.15. The van der Waals surface area contributed by atoms with Crippen molar-refractivity contribution in [3.8, 4) is 11.4 Å². The standard InChI is InChI=1S/C17H17N5/c1-12(15-9-19-22(3)11-15)20-16-10-18-17(21-13(16)2)14-7-5-4-6-8-14/h4-11H,1-3H3. The van der Waals surface area contributed by atoms with Gasteiger partial charge in [0, 0.05) is 30.1 Å². The van der Waals surface area contributed by atoms with Gasteiger partial charge in [-0.25, -0.2) is 15.0 Å². The predicted octanol–water partition coefficient (Wildman–Crippen LogP) is 3.33. The molecular formula is C17H17N5. The number of aryl methyl sites for hydroxylation is 2. The fraction of sp³-hybridized carbons (Fsp3) is 0.176. The molecule has 2 heterocycles. The smallest absolute Gasteiger partial charge is 0.159 e. The summed E-state index contributed by atoms with van der Waals surface area (Å²) in [5.74, 6) is 0.719. The van der Waals surface area contributed by atoms with Crippen LogP contribution in [0.25, 0.3) is 11.4 Å². The molecule has 110 valence electrons. The van der Waals surface area contributed by atoms with Crippen LogP contribution in [0.15, 0.2) is 53.9 Å². The van der Waals surface area contributed by atoms with Gasteiger partial charge in [-0.2, -0.15) is 5.10 Å². The lowest BCUT2D eigenvalue weighted by atomic mass is 10.2. The second-order valence-electron chi connectivity index (χ2n) is 5.13. The van der Waals surface area contributed by atoms with Gasteiger partial charge in [0.25, 0.3) is 0 Å². The predicted molar refractivity (Wildman–Crippen MR) is 87.3 cm³/mol. The van der Waals surface area contributed by atoms with E-state index in [2.05, 4.69) is 20.1 Å². The van der Waals surface area contributed by atoms with Gasteiger partial charge in [-0.3, -0.25) is 4.68 Å². The van der Waals surface area contributed by atoms with Gasteiger partial charge in [-0.15, -0.1) is 0 Å². The van der Waals surface area contributed by atoms with Crippen LogP contribution in [0, 0.1) is 6.92 Å². The van der Waals surface area contributed by atoms with E-state index < -0.39 is 0 Å². The Hall–Kier alpha value is -2.82. The van der Waals surface area contributed by atoms with Crippen LogP contribution in [-0.2, 0) is 7.05 Å². The summed E-state index contributed by atoms with van der Waals surface area (Å²) in [6, 6.07) is 9.93. The second-order valence-corrected chi connectivity index (χ2v) is 5.13. The zero-order valence-electron chi connectivity index (χ0n) is 12.9. The molecule has 5 heteroatoms. The summed E-state index contributed by atoms with van der Waals surface area (Å²) < 4.78 is 1.76. The summed E-state index contributed by atoms with van der Waals surface area (Å²) in [6.07, 6.45) is 5.51. The topological polar surface area (TPSA) is 56.0 Å². The summed E-state index contributed by atoms with van der Waals surface area (Å²) in [4.78, 5) is 13.6. The monoisotopic (exact) mass is 291 g/mol. The molecule has 0 amide bonds. The summed E-state index contributed by atoms with van der Waals surface area (Å²) in [6.45, 7) is 3.91. The molecule has 0 aliphatic rings. The Morgan fingerprint density at radius 2 is 1.91 bits per heavy atom. The third-order valence-electron chi connectivity index (χ3n) is 3.40. The Morgan fingerprint density at radius 1 is 1.14 bits per heavy atom. The molecule has 0 N–H and O–H groups in total. The summed E-state index contributed by atoms with van der Waals surface area (Å²) in [5.41, 5.74) is 4.53. The van der Waals surface area contributed by atoms with Crippen molar-refractivity contribution in [3.05, 3.63) is 60.2 Å². The van der Waals surface area contributed by atoms with Crippen LogP contribution in [-0.4, -0.2) is 25.5 Å². The van der Waals surface area contributed by atoms with Crippen molar-refractivity contribution in [1.82, 2.24) is 19.7 Å². The highest BCUT2D eigenvalue weighted by Gasteiger charge is 2.06. The van der Waals surface area contributed by atoms with E-state index in [0.717, 1.165) is 34.0 Å². The largest absolute Gasteiger partial charge is 0.275 e. The quantitative estimate of drug-likeness (QED) is 0.695. The first kappa shape index (κ1) is 14.1. The van der Waals surface area contributed by atoms with Crippen molar-refractivity contribution in [2.45, 2.75) is 13.8 Å². The third-order valence-corrected chi connectivity index (χ3v) is 3.40. The minimum Gasteiger partial charge on any atom is -0.275 e. The van der Waals surface area contributed by atoms with Gasteiger partial charge < -0.3 is 0 Å². The fourth-order valence-electron chi connectivity index (χ4n) is 2.15. The van der Waals surface area contributed by atoms with Gasteiger partial charge in [-0.05, 0) is 13.8 Å². The van der Waals surface area contributed by atoms with Crippen molar-refractivity contribution < 1.29 is 0 Å². The van der Waals surface area contributed by atoms with Gasteiger partial charge in [0.2, 0.25) is 0 Å².